The molecule has 0 saturated carbocycles. The van der Waals surface area contributed by atoms with Gasteiger partial charge in [0.1, 0.15) is 6.17 Å². The molecule has 1 unspecified atom stereocenters. The van der Waals surface area contributed by atoms with Crippen molar-refractivity contribution in [2.24, 2.45) is 0 Å². The maximum Gasteiger partial charge on any atom is 0.343 e. The van der Waals surface area contributed by atoms with Gasteiger partial charge in [-0.05, 0) is 22.4 Å². The van der Waals surface area contributed by atoms with Crippen LogP contribution in [0.2, 0.25) is 0 Å². The average Bonchev–Trinajstić information content (AvgIpc) is 2.41. The summed E-state index contributed by atoms with van der Waals surface area (Å²) in [6.07, 6.45) is -0.243. The molecule has 2 nitrogen and oxygen atoms in total. The highest BCUT2D eigenvalue weighted by atomic mass is 79.9. The second-order valence-electron chi connectivity index (χ2n) is 2.85. The van der Waals surface area contributed by atoms with Gasteiger partial charge in [0.25, 0.3) is 0 Å². The fourth-order valence-electron chi connectivity index (χ4n) is 1.16. The van der Waals surface area contributed by atoms with Crippen LogP contribution in [-0.2, 0) is 9.53 Å². The first kappa shape index (κ1) is 11.9. The van der Waals surface area contributed by atoms with Crippen molar-refractivity contribution >= 4 is 37.8 Å². The van der Waals surface area contributed by atoms with Crippen LogP contribution >= 0.6 is 31.9 Å². The third-order valence-corrected chi connectivity index (χ3v) is 3.06. The second kappa shape index (κ2) is 5.07. The first-order valence-corrected chi connectivity index (χ1v) is 5.89. The molecule has 1 aliphatic heterocycles. The van der Waals surface area contributed by atoms with E-state index in [0.717, 1.165) is 0 Å². The Kier molecular flexibility index (Phi) is 4.31. The van der Waals surface area contributed by atoms with Crippen molar-refractivity contribution in [3.8, 4) is 0 Å². The molecule has 0 aromatic carbocycles. The summed E-state index contributed by atoms with van der Waals surface area (Å²) in [4.78, 5) is 12.7. The molecule has 0 aromatic heterocycles. The van der Waals surface area contributed by atoms with Gasteiger partial charge in [0.2, 0.25) is 0 Å². The number of allylic oxidation sites excluding steroid dienone is 1. The van der Waals surface area contributed by atoms with Crippen LogP contribution in [0.15, 0.2) is 20.8 Å². The van der Waals surface area contributed by atoms with Crippen LogP contribution in [0.5, 0.6) is 0 Å². The number of carbonyl (C=O) groups is 1. The number of halogens is 3. The summed E-state index contributed by atoms with van der Waals surface area (Å²) in [6, 6.07) is 0. The van der Waals surface area contributed by atoms with Gasteiger partial charge in [-0.3, -0.25) is 0 Å². The molecule has 0 radical (unpaired) electrons. The standard InChI is InChI=1S/C9H9Br2FO2/c1-2-3-5(12)7-8(11)6(4-10)14-9(7)13/h4-5H,2-3H2,1H3/b6-4-. The lowest BCUT2D eigenvalue weighted by atomic mass is 10.1. The van der Waals surface area contributed by atoms with E-state index >= 15 is 0 Å². The number of esters is 1. The molecule has 1 aliphatic rings. The van der Waals surface area contributed by atoms with E-state index in [1.165, 1.54) is 4.99 Å². The van der Waals surface area contributed by atoms with E-state index in [4.69, 9.17) is 4.74 Å². The number of cyclic esters (lactones) is 1. The van der Waals surface area contributed by atoms with Crippen LogP contribution in [0, 0.1) is 0 Å². The summed E-state index contributed by atoms with van der Waals surface area (Å²) in [7, 11) is 0. The second-order valence-corrected chi connectivity index (χ2v) is 4.10. The van der Waals surface area contributed by atoms with Gasteiger partial charge in [0.05, 0.1) is 10.1 Å². The van der Waals surface area contributed by atoms with Crippen LogP contribution in [0.1, 0.15) is 19.8 Å². The van der Waals surface area contributed by atoms with Crippen molar-refractivity contribution < 1.29 is 13.9 Å². The number of hydrogen-bond acceptors (Lipinski definition) is 2. The first-order valence-electron chi connectivity index (χ1n) is 4.18. The molecule has 0 N–H and O–H groups in total. The molecule has 0 spiro atoms. The third-order valence-electron chi connectivity index (χ3n) is 1.83. The van der Waals surface area contributed by atoms with Crippen molar-refractivity contribution in [2.75, 3.05) is 0 Å². The van der Waals surface area contributed by atoms with Gasteiger partial charge in [0, 0.05) is 4.99 Å². The molecule has 5 heteroatoms. The molecule has 0 fully saturated rings. The summed E-state index contributed by atoms with van der Waals surface area (Å²) in [5, 5.41) is 0. The highest BCUT2D eigenvalue weighted by molar-refractivity contribution is 9.12. The number of carbonyl (C=O) groups excluding carboxylic acids is 1. The molecule has 14 heavy (non-hydrogen) atoms. The van der Waals surface area contributed by atoms with E-state index in [1.54, 1.807) is 0 Å². The zero-order chi connectivity index (χ0) is 10.7. The van der Waals surface area contributed by atoms with E-state index in [2.05, 4.69) is 31.9 Å². The highest BCUT2D eigenvalue weighted by Gasteiger charge is 2.33. The Hall–Kier alpha value is -0.160. The maximum atomic E-state index is 13.5. The molecular weight excluding hydrogens is 319 g/mol. The third kappa shape index (κ3) is 2.25. The van der Waals surface area contributed by atoms with Gasteiger partial charge in [-0.1, -0.05) is 29.3 Å². The molecule has 1 heterocycles. The van der Waals surface area contributed by atoms with Crippen molar-refractivity contribution in [3.63, 3.8) is 0 Å². The Balaban J connectivity index is 2.95. The predicted octanol–water partition coefficient (Wildman–Crippen LogP) is 3.57. The minimum atomic E-state index is -1.26. The van der Waals surface area contributed by atoms with Gasteiger partial charge in [-0.15, -0.1) is 0 Å². The first-order chi connectivity index (χ1) is 6.61. The zero-order valence-corrected chi connectivity index (χ0v) is 10.7. The number of alkyl halides is 1. The topological polar surface area (TPSA) is 26.3 Å². The van der Waals surface area contributed by atoms with Crippen LogP contribution in [0.25, 0.3) is 0 Å². The molecule has 1 atom stereocenters. The summed E-state index contributed by atoms with van der Waals surface area (Å²) in [5.41, 5.74) is 0.0811. The molecule has 1 rings (SSSR count). The van der Waals surface area contributed by atoms with E-state index in [-0.39, 0.29) is 5.57 Å². The molecule has 78 valence electrons. The Labute approximate surface area is 98.4 Å². The fraction of sp³-hybridized carbons (Fsp3) is 0.444. The van der Waals surface area contributed by atoms with Crippen molar-refractivity contribution in [1.29, 1.82) is 0 Å². The number of hydrogen-bond donors (Lipinski definition) is 0. The summed E-state index contributed by atoms with van der Waals surface area (Å²) in [6.45, 7) is 1.86. The zero-order valence-electron chi connectivity index (χ0n) is 7.52. The Bertz CT molecular complexity index is 310. The van der Waals surface area contributed by atoms with Gasteiger partial charge in [0.15, 0.2) is 5.76 Å². The average molecular weight is 328 g/mol. The predicted molar refractivity (Wildman–Crippen MR) is 58.9 cm³/mol. The molecule has 0 aliphatic carbocycles. The smallest absolute Gasteiger partial charge is 0.343 e. The monoisotopic (exact) mass is 326 g/mol. The van der Waals surface area contributed by atoms with Crippen molar-refractivity contribution in [2.45, 2.75) is 25.9 Å². The Morgan fingerprint density at radius 2 is 2.29 bits per heavy atom. The normalized spacial score (nSPS) is 21.7. The van der Waals surface area contributed by atoms with E-state index in [0.29, 0.717) is 23.1 Å². The lowest BCUT2D eigenvalue weighted by Gasteiger charge is -2.04. The number of rotatable bonds is 3. The molecular formula is C9H9Br2FO2. The molecule has 0 bridgehead atoms. The van der Waals surface area contributed by atoms with E-state index in [9.17, 15) is 9.18 Å². The number of ether oxygens (including phenoxy) is 1. The van der Waals surface area contributed by atoms with E-state index < -0.39 is 12.1 Å². The highest BCUT2D eigenvalue weighted by Crippen LogP contribution is 2.35. The molecule has 0 amide bonds. The summed E-state index contributed by atoms with van der Waals surface area (Å²) >= 11 is 6.17. The maximum absolute atomic E-state index is 13.5. The summed E-state index contributed by atoms with van der Waals surface area (Å²) < 4.78 is 18.7. The minimum Gasteiger partial charge on any atom is -0.421 e. The van der Waals surface area contributed by atoms with Crippen LogP contribution < -0.4 is 0 Å². The van der Waals surface area contributed by atoms with Gasteiger partial charge in [-0.25, -0.2) is 9.18 Å². The molecule has 0 saturated heterocycles. The van der Waals surface area contributed by atoms with Crippen molar-refractivity contribution in [1.82, 2.24) is 0 Å². The van der Waals surface area contributed by atoms with E-state index in [1.807, 2.05) is 6.92 Å². The fourth-order valence-corrected chi connectivity index (χ4v) is 2.39. The largest absolute Gasteiger partial charge is 0.421 e. The SMILES string of the molecule is CCCC(F)C1=C(Br)/C(=C/Br)OC1=O. The summed E-state index contributed by atoms with van der Waals surface area (Å²) in [5.74, 6) is -0.285. The van der Waals surface area contributed by atoms with Gasteiger partial charge >= 0.3 is 5.97 Å². The molecule has 0 aromatic rings. The minimum absolute atomic E-state index is 0.0811. The Morgan fingerprint density at radius 1 is 1.64 bits per heavy atom. The van der Waals surface area contributed by atoms with Crippen LogP contribution in [0.3, 0.4) is 0 Å². The van der Waals surface area contributed by atoms with Gasteiger partial charge in [-0.2, -0.15) is 0 Å². The lowest BCUT2D eigenvalue weighted by Crippen LogP contribution is -2.11. The van der Waals surface area contributed by atoms with Crippen molar-refractivity contribution in [3.05, 3.63) is 20.8 Å². The lowest BCUT2D eigenvalue weighted by molar-refractivity contribution is -0.133. The van der Waals surface area contributed by atoms with Crippen LogP contribution in [-0.4, -0.2) is 12.1 Å². The van der Waals surface area contributed by atoms with Gasteiger partial charge < -0.3 is 4.74 Å². The Morgan fingerprint density at radius 3 is 2.71 bits per heavy atom. The van der Waals surface area contributed by atoms with Crippen LogP contribution in [0.4, 0.5) is 4.39 Å². The quantitative estimate of drug-likeness (QED) is 0.741.